The molecule has 0 atom stereocenters. The molecule has 2 aromatic carbocycles. The van der Waals surface area contributed by atoms with Gasteiger partial charge in [-0.3, -0.25) is 24.4 Å². The topological polar surface area (TPSA) is 104 Å². The predicted octanol–water partition coefficient (Wildman–Crippen LogP) is 5.10. The first-order chi connectivity index (χ1) is 18.5. The molecule has 0 radical (unpaired) electrons. The summed E-state index contributed by atoms with van der Waals surface area (Å²) in [5.74, 6) is 0. The van der Waals surface area contributed by atoms with Gasteiger partial charge in [0.25, 0.3) is 10.0 Å². The number of carbonyl (C=O) groups is 1. The number of rotatable bonds is 6. The molecule has 9 heteroatoms. The van der Waals surface area contributed by atoms with Crippen LogP contribution in [0.4, 0.5) is 5.69 Å². The molecule has 1 aliphatic heterocycles. The number of benzene rings is 2. The Kier molecular flexibility index (Phi) is 9.91. The quantitative estimate of drug-likeness (QED) is 0.332. The van der Waals surface area contributed by atoms with Crippen LogP contribution in [0.3, 0.4) is 0 Å². The Morgan fingerprint density at radius 3 is 2.32 bits per heavy atom. The van der Waals surface area contributed by atoms with Gasteiger partial charge < -0.3 is 5.32 Å². The molecular weight excluding hydrogens is 498 g/mol. The van der Waals surface area contributed by atoms with Crippen LogP contribution in [0.2, 0.25) is 0 Å². The number of fused-ring (bicyclic) bond motifs is 1. The molecule has 1 aliphatic carbocycles. The SMILES string of the molecule is C1CCC1.O=Cc1ccc(NS(=O)(=O)c2cccc3cccnc23)cc1.[HH].c1cncc(CN2CCNC2)c1. The third-order valence-electron chi connectivity index (χ3n) is 6.25. The molecule has 2 aliphatic rings. The normalized spacial score (nSPS) is 14.8. The van der Waals surface area contributed by atoms with Crippen molar-refractivity contribution >= 4 is 32.9 Å². The average molecular weight is 534 g/mol. The maximum absolute atomic E-state index is 12.5. The predicted molar refractivity (Wildman–Crippen MR) is 152 cm³/mol. The van der Waals surface area contributed by atoms with Gasteiger partial charge in [-0.1, -0.05) is 49.9 Å². The van der Waals surface area contributed by atoms with Crippen LogP contribution in [0.5, 0.6) is 0 Å². The van der Waals surface area contributed by atoms with Gasteiger partial charge >= 0.3 is 0 Å². The first-order valence-corrected chi connectivity index (χ1v) is 14.3. The van der Waals surface area contributed by atoms with Crippen LogP contribution in [-0.2, 0) is 16.6 Å². The van der Waals surface area contributed by atoms with Gasteiger partial charge in [0, 0.05) is 63.0 Å². The van der Waals surface area contributed by atoms with Crippen molar-refractivity contribution in [3.8, 4) is 0 Å². The fourth-order valence-electron chi connectivity index (χ4n) is 3.82. The lowest BCUT2D eigenvalue weighted by Gasteiger charge is -2.12. The molecule has 1 saturated heterocycles. The number of hydrogen-bond acceptors (Lipinski definition) is 7. The van der Waals surface area contributed by atoms with E-state index in [-0.39, 0.29) is 6.32 Å². The fraction of sp³-hybridized carbons (Fsp3) is 0.276. The van der Waals surface area contributed by atoms with Crippen molar-refractivity contribution < 1.29 is 14.6 Å². The lowest BCUT2D eigenvalue weighted by Crippen LogP contribution is -2.21. The van der Waals surface area contributed by atoms with Crippen LogP contribution in [0.25, 0.3) is 10.9 Å². The highest BCUT2D eigenvalue weighted by atomic mass is 32.2. The second-order valence-corrected chi connectivity index (χ2v) is 10.8. The Hall–Kier alpha value is -3.66. The summed E-state index contributed by atoms with van der Waals surface area (Å²) in [5.41, 5.74) is 2.58. The molecule has 8 nitrogen and oxygen atoms in total. The number of nitrogens with one attached hydrogen (secondary N) is 2. The molecule has 2 aromatic heterocycles. The van der Waals surface area contributed by atoms with Crippen molar-refractivity contribution in [1.29, 1.82) is 0 Å². The van der Waals surface area contributed by atoms with E-state index in [1.807, 2.05) is 18.5 Å². The number of pyridine rings is 2. The van der Waals surface area contributed by atoms with Gasteiger partial charge in [0.15, 0.2) is 0 Å². The number of anilines is 1. The Balaban J connectivity index is 0.000000206. The van der Waals surface area contributed by atoms with E-state index in [1.54, 1.807) is 54.7 Å². The first-order valence-electron chi connectivity index (χ1n) is 12.8. The lowest BCUT2D eigenvalue weighted by molar-refractivity contribution is 0.112. The van der Waals surface area contributed by atoms with Gasteiger partial charge in [-0.05, 0) is 48.0 Å². The van der Waals surface area contributed by atoms with E-state index in [0.717, 1.165) is 31.7 Å². The fourth-order valence-corrected chi connectivity index (χ4v) is 5.06. The second kappa shape index (κ2) is 13.8. The first kappa shape index (κ1) is 27.4. The van der Waals surface area contributed by atoms with E-state index in [4.69, 9.17) is 0 Å². The molecule has 6 rings (SSSR count). The minimum Gasteiger partial charge on any atom is -0.303 e. The molecule has 1 saturated carbocycles. The number of sulfonamides is 1. The zero-order valence-electron chi connectivity index (χ0n) is 21.3. The summed E-state index contributed by atoms with van der Waals surface area (Å²) in [4.78, 5) is 21.3. The Morgan fingerprint density at radius 1 is 0.947 bits per heavy atom. The van der Waals surface area contributed by atoms with E-state index < -0.39 is 10.0 Å². The molecule has 2 N–H and O–H groups in total. The van der Waals surface area contributed by atoms with E-state index >= 15 is 0 Å². The third kappa shape index (κ3) is 7.92. The van der Waals surface area contributed by atoms with Gasteiger partial charge in [0.05, 0.1) is 5.52 Å². The van der Waals surface area contributed by atoms with Crippen LogP contribution < -0.4 is 10.0 Å². The molecule has 0 spiro atoms. The Morgan fingerprint density at radius 2 is 1.68 bits per heavy atom. The molecular formula is C29H35N5O3S. The van der Waals surface area contributed by atoms with Crippen LogP contribution in [0.15, 0.2) is 90.2 Å². The third-order valence-corrected chi connectivity index (χ3v) is 7.67. The largest absolute Gasteiger partial charge is 0.303 e. The minimum atomic E-state index is -3.76. The highest BCUT2D eigenvalue weighted by Crippen LogP contribution is 2.23. The molecule has 3 heterocycles. The summed E-state index contributed by atoms with van der Waals surface area (Å²) < 4.78 is 27.6. The van der Waals surface area contributed by atoms with Gasteiger partial charge in [0.2, 0.25) is 0 Å². The van der Waals surface area contributed by atoms with Gasteiger partial charge in [-0.15, -0.1) is 0 Å². The number of aldehydes is 1. The molecule has 4 aromatic rings. The number of carbonyl (C=O) groups excluding carboxylic acids is 1. The van der Waals surface area contributed by atoms with E-state index in [1.165, 1.54) is 37.3 Å². The van der Waals surface area contributed by atoms with Crippen molar-refractivity contribution in [1.82, 2.24) is 20.2 Å². The van der Waals surface area contributed by atoms with Crippen LogP contribution in [0.1, 0.15) is 43.0 Å². The maximum atomic E-state index is 12.5. The summed E-state index contributed by atoms with van der Waals surface area (Å²) in [6, 6.07) is 18.8. The number of nitrogens with zero attached hydrogens (tertiary/aromatic N) is 3. The van der Waals surface area contributed by atoms with Crippen LogP contribution >= 0.6 is 0 Å². The van der Waals surface area contributed by atoms with E-state index in [0.29, 0.717) is 23.1 Å². The van der Waals surface area contributed by atoms with Crippen molar-refractivity contribution in [3.63, 3.8) is 0 Å². The van der Waals surface area contributed by atoms with Gasteiger partial charge in [-0.2, -0.15) is 0 Å². The summed E-state index contributed by atoms with van der Waals surface area (Å²) in [6.45, 7) is 4.28. The molecule has 200 valence electrons. The van der Waals surface area contributed by atoms with E-state index in [2.05, 4.69) is 31.0 Å². The highest BCUT2D eigenvalue weighted by Gasteiger charge is 2.18. The average Bonchev–Trinajstić information content (AvgIpc) is 3.42. The Bertz CT molecular complexity index is 1400. The van der Waals surface area contributed by atoms with Crippen molar-refractivity contribution in [2.45, 2.75) is 37.1 Å². The van der Waals surface area contributed by atoms with Crippen LogP contribution in [0, 0.1) is 0 Å². The molecule has 2 fully saturated rings. The second-order valence-electron chi connectivity index (χ2n) is 9.16. The summed E-state index contributed by atoms with van der Waals surface area (Å²) in [6.07, 6.45) is 12.0. The summed E-state index contributed by atoms with van der Waals surface area (Å²) in [7, 11) is -3.76. The molecule has 0 amide bonds. The Labute approximate surface area is 225 Å². The minimum absolute atomic E-state index is 0. The zero-order valence-corrected chi connectivity index (χ0v) is 22.1. The van der Waals surface area contributed by atoms with Crippen LogP contribution in [-0.4, -0.2) is 49.3 Å². The summed E-state index contributed by atoms with van der Waals surface area (Å²) >= 11 is 0. The molecule has 38 heavy (non-hydrogen) atoms. The van der Waals surface area contributed by atoms with Gasteiger partial charge in [-0.25, -0.2) is 8.42 Å². The van der Waals surface area contributed by atoms with Crippen molar-refractivity contribution in [2.75, 3.05) is 24.5 Å². The van der Waals surface area contributed by atoms with Gasteiger partial charge in [0.1, 0.15) is 11.2 Å². The van der Waals surface area contributed by atoms with Crippen molar-refractivity contribution in [3.05, 3.63) is 96.4 Å². The van der Waals surface area contributed by atoms with E-state index in [9.17, 15) is 13.2 Å². The zero-order chi connectivity index (χ0) is 26.6. The maximum Gasteiger partial charge on any atom is 0.264 e. The lowest BCUT2D eigenvalue weighted by atomic mass is 10.0. The molecule has 0 unspecified atom stereocenters. The monoisotopic (exact) mass is 533 g/mol. The van der Waals surface area contributed by atoms with Crippen molar-refractivity contribution in [2.24, 2.45) is 0 Å². The summed E-state index contributed by atoms with van der Waals surface area (Å²) in [5, 5.41) is 4.05. The smallest absolute Gasteiger partial charge is 0.264 e. The number of hydrogen-bond donors (Lipinski definition) is 2. The highest BCUT2D eigenvalue weighted by molar-refractivity contribution is 7.93. The number of para-hydroxylation sites is 1. The number of aromatic nitrogens is 2. The standard InChI is InChI=1S/C16H12N2O3S.C9H13N3.C4H8.H2/c19-11-12-6-8-14(9-7-12)18-22(20,21)15-5-1-3-13-4-2-10-17-16(13)15;1-2-9(6-10-3-1)7-12-5-4-11-8-12;1-2-4-3-1;/h1-11,18H;1-3,6,11H,4-5,7-8H2;1-4H2;1H. The molecule has 0 bridgehead atoms.